The van der Waals surface area contributed by atoms with Crippen molar-refractivity contribution in [2.75, 3.05) is 19.5 Å². The Bertz CT molecular complexity index is 853. The van der Waals surface area contributed by atoms with E-state index in [1.54, 1.807) is 32.4 Å². The molecule has 2 unspecified atom stereocenters. The number of aryl methyl sites for hydroxylation is 2. The van der Waals surface area contributed by atoms with Crippen molar-refractivity contribution in [1.29, 1.82) is 0 Å². The molecule has 1 aliphatic rings. The third-order valence-corrected chi connectivity index (χ3v) is 4.73. The summed E-state index contributed by atoms with van der Waals surface area (Å²) >= 11 is 0. The Hall–Kier alpha value is -2.77. The average molecular weight is 371 g/mol. The van der Waals surface area contributed by atoms with Crippen LogP contribution in [0.2, 0.25) is 0 Å². The first-order valence-electron chi connectivity index (χ1n) is 8.77. The molecule has 144 valence electrons. The lowest BCUT2D eigenvalue weighted by Crippen LogP contribution is -2.39. The lowest BCUT2D eigenvalue weighted by atomic mass is 9.96. The van der Waals surface area contributed by atoms with Crippen LogP contribution in [0.1, 0.15) is 29.2 Å². The molecular weight excluding hydrogens is 346 g/mol. The van der Waals surface area contributed by atoms with Gasteiger partial charge in [-0.15, -0.1) is 0 Å². The van der Waals surface area contributed by atoms with E-state index in [4.69, 9.17) is 9.47 Å². The highest BCUT2D eigenvalue weighted by atomic mass is 16.5. The van der Waals surface area contributed by atoms with Gasteiger partial charge in [0.15, 0.2) is 0 Å². The fourth-order valence-electron chi connectivity index (χ4n) is 3.32. The molecule has 2 aromatic carbocycles. The Morgan fingerprint density at radius 2 is 1.93 bits per heavy atom. The summed E-state index contributed by atoms with van der Waals surface area (Å²) in [4.78, 5) is 12.7. The quantitative estimate of drug-likeness (QED) is 0.646. The van der Waals surface area contributed by atoms with Crippen molar-refractivity contribution in [1.82, 2.24) is 10.9 Å². The molecule has 0 bridgehead atoms. The average Bonchev–Trinajstić information content (AvgIpc) is 3.14. The second-order valence-electron chi connectivity index (χ2n) is 6.70. The fraction of sp³-hybridized carbons (Fsp3) is 0.350. The Morgan fingerprint density at radius 3 is 2.63 bits per heavy atom. The van der Waals surface area contributed by atoms with E-state index in [1.165, 1.54) is 0 Å². The number of hydrogen-bond donors (Lipinski definition) is 4. The number of hydrazine groups is 1. The van der Waals surface area contributed by atoms with Gasteiger partial charge in [-0.3, -0.25) is 4.79 Å². The summed E-state index contributed by atoms with van der Waals surface area (Å²) in [6, 6.07) is 8.48. The van der Waals surface area contributed by atoms with Crippen LogP contribution in [0.15, 0.2) is 30.3 Å². The highest BCUT2D eigenvalue weighted by Crippen LogP contribution is 2.34. The molecule has 1 fully saturated rings. The van der Waals surface area contributed by atoms with Crippen molar-refractivity contribution in [3.8, 4) is 17.2 Å². The van der Waals surface area contributed by atoms with Gasteiger partial charge in [0.1, 0.15) is 23.3 Å². The van der Waals surface area contributed by atoms with Crippen LogP contribution < -0.4 is 25.6 Å². The van der Waals surface area contributed by atoms with Gasteiger partial charge in [-0.25, -0.2) is 10.9 Å². The van der Waals surface area contributed by atoms with Crippen LogP contribution in [-0.4, -0.2) is 31.3 Å². The molecule has 0 aliphatic carbocycles. The molecule has 2 atom stereocenters. The van der Waals surface area contributed by atoms with E-state index in [0.717, 1.165) is 16.7 Å². The second kappa shape index (κ2) is 7.85. The summed E-state index contributed by atoms with van der Waals surface area (Å²) < 4.78 is 10.5. The number of methoxy groups -OCH3 is 2. The number of rotatable bonds is 5. The molecule has 4 N–H and O–H groups in total. The van der Waals surface area contributed by atoms with Crippen LogP contribution in [0.25, 0.3) is 0 Å². The third-order valence-electron chi connectivity index (χ3n) is 4.73. The number of amides is 1. The van der Waals surface area contributed by atoms with Crippen molar-refractivity contribution in [3.05, 3.63) is 47.0 Å². The number of aromatic hydroxyl groups is 1. The number of phenolic OH excluding ortho intramolecular Hbond substituents is 1. The van der Waals surface area contributed by atoms with E-state index in [9.17, 15) is 9.90 Å². The van der Waals surface area contributed by atoms with Crippen molar-refractivity contribution in [2.24, 2.45) is 0 Å². The van der Waals surface area contributed by atoms with E-state index in [-0.39, 0.29) is 17.7 Å². The Morgan fingerprint density at radius 1 is 1.15 bits per heavy atom. The smallest absolute Gasteiger partial charge is 0.243 e. The number of carbonyl (C=O) groups excluding carboxylic acids is 1. The van der Waals surface area contributed by atoms with Crippen LogP contribution in [0.4, 0.5) is 5.69 Å². The minimum absolute atomic E-state index is 0.161. The lowest BCUT2D eigenvalue weighted by Gasteiger charge is -2.15. The monoisotopic (exact) mass is 371 g/mol. The minimum Gasteiger partial charge on any atom is -0.507 e. The van der Waals surface area contributed by atoms with Gasteiger partial charge in [-0.1, -0.05) is 17.7 Å². The Kier molecular flexibility index (Phi) is 5.53. The Balaban J connectivity index is 1.73. The molecule has 1 aliphatic heterocycles. The molecule has 1 heterocycles. The molecular formula is C20H25N3O4. The topological polar surface area (TPSA) is 91.9 Å². The molecule has 3 rings (SSSR count). The normalized spacial score (nSPS) is 19.0. The van der Waals surface area contributed by atoms with Crippen LogP contribution in [-0.2, 0) is 4.79 Å². The van der Waals surface area contributed by atoms with Gasteiger partial charge in [0.05, 0.1) is 25.9 Å². The number of anilines is 1. The molecule has 0 saturated carbocycles. The standard InChI is InChI=1S/C20H25N3O4/c1-11-7-12(2)19(24)14(8-11)15-10-17(23-22-15)20(25)21-16-9-13(26-3)5-6-18(16)27-4/h5-9,15,17,22-24H,10H2,1-4H3,(H,21,25). The van der Waals surface area contributed by atoms with E-state index < -0.39 is 6.04 Å². The number of nitrogens with one attached hydrogen (secondary N) is 3. The SMILES string of the molecule is COc1ccc(OC)c(NC(=O)C2CC(c3cc(C)cc(C)c3O)NN2)c1. The molecule has 7 heteroatoms. The summed E-state index contributed by atoms with van der Waals surface area (Å²) in [6.45, 7) is 3.85. The van der Waals surface area contributed by atoms with Gasteiger partial charge in [0.2, 0.25) is 5.91 Å². The zero-order valence-electron chi connectivity index (χ0n) is 15.9. The molecule has 2 aromatic rings. The van der Waals surface area contributed by atoms with E-state index in [1.807, 2.05) is 26.0 Å². The van der Waals surface area contributed by atoms with E-state index in [0.29, 0.717) is 23.6 Å². The summed E-state index contributed by atoms with van der Waals surface area (Å²) in [5.41, 5.74) is 9.34. The maximum absolute atomic E-state index is 12.7. The predicted molar refractivity (Wildman–Crippen MR) is 103 cm³/mol. The number of phenols is 1. The lowest BCUT2D eigenvalue weighted by molar-refractivity contribution is -0.117. The van der Waals surface area contributed by atoms with Gasteiger partial charge in [0, 0.05) is 11.6 Å². The predicted octanol–water partition coefficient (Wildman–Crippen LogP) is 2.57. The largest absolute Gasteiger partial charge is 0.507 e. The second-order valence-corrected chi connectivity index (χ2v) is 6.70. The fourth-order valence-corrected chi connectivity index (χ4v) is 3.32. The van der Waals surface area contributed by atoms with E-state index >= 15 is 0 Å². The first kappa shape index (κ1) is 19.0. The van der Waals surface area contributed by atoms with Crippen molar-refractivity contribution in [2.45, 2.75) is 32.4 Å². The van der Waals surface area contributed by atoms with Gasteiger partial charge in [-0.05, 0) is 38.0 Å². The van der Waals surface area contributed by atoms with Gasteiger partial charge >= 0.3 is 0 Å². The highest BCUT2D eigenvalue weighted by molar-refractivity contribution is 5.96. The van der Waals surface area contributed by atoms with Crippen molar-refractivity contribution >= 4 is 11.6 Å². The summed E-state index contributed by atoms with van der Waals surface area (Å²) in [5, 5.41) is 13.2. The number of hydrogen-bond acceptors (Lipinski definition) is 6. The first-order chi connectivity index (χ1) is 12.9. The van der Waals surface area contributed by atoms with Gasteiger partial charge < -0.3 is 19.9 Å². The summed E-state index contributed by atoms with van der Waals surface area (Å²) in [7, 11) is 3.11. The summed E-state index contributed by atoms with van der Waals surface area (Å²) in [5.74, 6) is 1.25. The maximum Gasteiger partial charge on any atom is 0.243 e. The Labute approximate surface area is 158 Å². The minimum atomic E-state index is -0.453. The zero-order chi connectivity index (χ0) is 19.6. The van der Waals surface area contributed by atoms with Crippen LogP contribution >= 0.6 is 0 Å². The van der Waals surface area contributed by atoms with Crippen LogP contribution in [0.5, 0.6) is 17.2 Å². The molecule has 1 saturated heterocycles. The molecule has 7 nitrogen and oxygen atoms in total. The third kappa shape index (κ3) is 3.99. The van der Waals surface area contributed by atoms with Gasteiger partial charge in [-0.2, -0.15) is 0 Å². The first-order valence-corrected chi connectivity index (χ1v) is 8.77. The maximum atomic E-state index is 12.7. The summed E-state index contributed by atoms with van der Waals surface area (Å²) in [6.07, 6.45) is 0.509. The molecule has 0 radical (unpaired) electrons. The number of benzene rings is 2. The highest BCUT2D eigenvalue weighted by Gasteiger charge is 2.32. The number of carbonyl (C=O) groups is 1. The van der Waals surface area contributed by atoms with E-state index in [2.05, 4.69) is 16.2 Å². The van der Waals surface area contributed by atoms with Crippen LogP contribution in [0, 0.1) is 13.8 Å². The van der Waals surface area contributed by atoms with Crippen molar-refractivity contribution in [3.63, 3.8) is 0 Å². The zero-order valence-corrected chi connectivity index (χ0v) is 15.9. The van der Waals surface area contributed by atoms with Crippen LogP contribution in [0.3, 0.4) is 0 Å². The number of ether oxygens (including phenoxy) is 2. The molecule has 27 heavy (non-hydrogen) atoms. The van der Waals surface area contributed by atoms with Gasteiger partial charge in [0.25, 0.3) is 0 Å². The molecule has 0 spiro atoms. The molecule has 0 aromatic heterocycles. The van der Waals surface area contributed by atoms with Crippen molar-refractivity contribution < 1.29 is 19.4 Å². The molecule has 1 amide bonds.